The van der Waals surface area contributed by atoms with Crippen molar-refractivity contribution in [1.29, 1.82) is 0 Å². The first-order chi connectivity index (χ1) is 13.6. The van der Waals surface area contributed by atoms with Gasteiger partial charge in [-0.05, 0) is 43.5 Å². The first-order valence-electron chi connectivity index (χ1n) is 9.55. The summed E-state index contributed by atoms with van der Waals surface area (Å²) >= 11 is 0. The zero-order valence-corrected chi connectivity index (χ0v) is 16.4. The molecule has 0 atom stereocenters. The minimum absolute atomic E-state index is 0.0829. The van der Waals surface area contributed by atoms with E-state index in [1.807, 2.05) is 37.3 Å². The predicted molar refractivity (Wildman–Crippen MR) is 109 cm³/mol. The molecular weight excluding hydrogens is 356 g/mol. The maximum Gasteiger partial charge on any atom is 0.227 e. The van der Waals surface area contributed by atoms with E-state index >= 15 is 0 Å². The van der Waals surface area contributed by atoms with Gasteiger partial charge in [-0.25, -0.2) is 0 Å². The molecule has 3 rings (SSSR count). The van der Waals surface area contributed by atoms with Gasteiger partial charge in [-0.15, -0.1) is 0 Å². The molecule has 0 saturated carbocycles. The molecule has 2 amide bonds. The minimum atomic E-state index is -0.0829. The average Bonchev–Trinajstić information content (AvgIpc) is 3.12. The van der Waals surface area contributed by atoms with Crippen LogP contribution in [-0.2, 0) is 9.59 Å². The van der Waals surface area contributed by atoms with E-state index in [-0.39, 0.29) is 11.8 Å². The third-order valence-corrected chi connectivity index (χ3v) is 4.73. The molecule has 1 N–H and O–H groups in total. The lowest BCUT2D eigenvalue weighted by atomic mass is 10.2. The number of hydrogen-bond donors (Lipinski definition) is 1. The molecule has 2 aromatic carbocycles. The lowest BCUT2D eigenvalue weighted by Gasteiger charge is -2.19. The first-order valence-corrected chi connectivity index (χ1v) is 9.55. The fourth-order valence-corrected chi connectivity index (χ4v) is 3.24. The van der Waals surface area contributed by atoms with Gasteiger partial charge in [-0.1, -0.05) is 18.2 Å². The van der Waals surface area contributed by atoms with Crippen molar-refractivity contribution in [2.45, 2.75) is 32.6 Å². The number of ether oxygens (including phenoxy) is 2. The summed E-state index contributed by atoms with van der Waals surface area (Å²) in [7, 11) is 1.56. The summed E-state index contributed by atoms with van der Waals surface area (Å²) in [6, 6.07) is 13.2. The van der Waals surface area contributed by atoms with E-state index in [9.17, 15) is 9.59 Å². The van der Waals surface area contributed by atoms with Crippen LogP contribution in [0.5, 0.6) is 11.5 Å². The third-order valence-electron chi connectivity index (χ3n) is 4.73. The molecule has 0 aromatic heterocycles. The quantitative estimate of drug-likeness (QED) is 0.703. The molecule has 1 heterocycles. The fourth-order valence-electron chi connectivity index (χ4n) is 3.24. The summed E-state index contributed by atoms with van der Waals surface area (Å²) in [6.45, 7) is 3.17. The highest BCUT2D eigenvalue weighted by Gasteiger charge is 2.24. The van der Waals surface area contributed by atoms with E-state index in [1.165, 1.54) is 0 Å². The number of carbonyl (C=O) groups is 2. The molecule has 1 saturated heterocycles. The molecule has 6 nitrogen and oxygen atoms in total. The molecule has 2 aromatic rings. The highest BCUT2D eigenvalue weighted by Crippen LogP contribution is 2.33. The highest BCUT2D eigenvalue weighted by molar-refractivity contribution is 5.97. The third kappa shape index (κ3) is 4.82. The van der Waals surface area contributed by atoms with Crippen LogP contribution in [0.25, 0.3) is 0 Å². The largest absolute Gasteiger partial charge is 0.494 e. The Morgan fingerprint density at radius 3 is 2.71 bits per heavy atom. The van der Waals surface area contributed by atoms with Crippen LogP contribution in [0.15, 0.2) is 42.5 Å². The Balaban J connectivity index is 1.51. The fraction of sp³-hybridized carbons (Fsp3) is 0.364. The van der Waals surface area contributed by atoms with Crippen molar-refractivity contribution < 1.29 is 19.1 Å². The van der Waals surface area contributed by atoms with Crippen LogP contribution >= 0.6 is 0 Å². The Hall–Kier alpha value is -3.02. The summed E-state index contributed by atoms with van der Waals surface area (Å²) < 4.78 is 11.1. The Morgan fingerprint density at radius 2 is 2.00 bits per heavy atom. The number of nitrogens with one attached hydrogen (secondary N) is 1. The monoisotopic (exact) mass is 382 g/mol. The van der Waals surface area contributed by atoms with E-state index in [1.54, 1.807) is 24.1 Å². The molecule has 1 aliphatic rings. The van der Waals surface area contributed by atoms with Gasteiger partial charge in [-0.3, -0.25) is 9.59 Å². The number of anilines is 2. The normalized spacial score (nSPS) is 13.5. The number of carbonyl (C=O) groups excluding carboxylic acids is 2. The second-order valence-corrected chi connectivity index (χ2v) is 6.80. The van der Waals surface area contributed by atoms with Crippen LogP contribution in [0.2, 0.25) is 0 Å². The second kappa shape index (κ2) is 9.26. The van der Waals surface area contributed by atoms with Gasteiger partial charge in [0, 0.05) is 31.1 Å². The lowest BCUT2D eigenvalue weighted by molar-refractivity contribution is -0.117. The molecule has 0 aliphatic carbocycles. The molecule has 0 bridgehead atoms. The van der Waals surface area contributed by atoms with E-state index in [0.717, 1.165) is 23.4 Å². The topological polar surface area (TPSA) is 67.9 Å². The van der Waals surface area contributed by atoms with E-state index in [4.69, 9.17) is 9.47 Å². The van der Waals surface area contributed by atoms with E-state index in [2.05, 4.69) is 5.32 Å². The van der Waals surface area contributed by atoms with Crippen molar-refractivity contribution in [3.8, 4) is 11.5 Å². The van der Waals surface area contributed by atoms with Gasteiger partial charge in [0.15, 0.2) is 0 Å². The summed E-state index contributed by atoms with van der Waals surface area (Å²) in [4.78, 5) is 25.9. The number of amides is 2. The van der Waals surface area contributed by atoms with Crippen molar-refractivity contribution in [2.75, 3.05) is 30.5 Å². The van der Waals surface area contributed by atoms with Gasteiger partial charge in [0.05, 0.1) is 19.4 Å². The van der Waals surface area contributed by atoms with Crippen molar-refractivity contribution >= 4 is 23.2 Å². The van der Waals surface area contributed by atoms with Crippen molar-refractivity contribution in [2.24, 2.45) is 0 Å². The number of benzene rings is 2. The highest BCUT2D eigenvalue weighted by atomic mass is 16.5. The average molecular weight is 382 g/mol. The summed E-state index contributed by atoms with van der Waals surface area (Å²) in [6.07, 6.45) is 2.40. The molecule has 0 radical (unpaired) electrons. The summed E-state index contributed by atoms with van der Waals surface area (Å²) in [5.74, 6) is 1.44. The summed E-state index contributed by atoms with van der Waals surface area (Å²) in [5, 5.41) is 2.88. The number of rotatable bonds is 8. The molecule has 1 fully saturated rings. The van der Waals surface area contributed by atoms with Crippen molar-refractivity contribution in [3.05, 3.63) is 48.0 Å². The minimum Gasteiger partial charge on any atom is -0.494 e. The SMILES string of the molecule is COc1cc(NC(=O)CCCOc2ccccc2C)ccc1N1CCCC1=O. The number of hydrogen-bond acceptors (Lipinski definition) is 4. The molecule has 6 heteroatoms. The molecule has 0 unspecified atom stereocenters. The molecule has 1 aliphatic heterocycles. The maximum absolute atomic E-state index is 12.2. The zero-order valence-electron chi connectivity index (χ0n) is 16.4. The molecule has 148 valence electrons. The number of methoxy groups -OCH3 is 1. The van der Waals surface area contributed by atoms with Crippen LogP contribution in [0.1, 0.15) is 31.2 Å². The van der Waals surface area contributed by atoms with Crippen molar-refractivity contribution in [1.82, 2.24) is 0 Å². The van der Waals surface area contributed by atoms with Gasteiger partial charge >= 0.3 is 0 Å². The Labute approximate surface area is 165 Å². The van der Waals surface area contributed by atoms with Crippen LogP contribution in [0.4, 0.5) is 11.4 Å². The van der Waals surface area contributed by atoms with Crippen LogP contribution in [-0.4, -0.2) is 32.1 Å². The Bertz CT molecular complexity index is 850. The van der Waals surface area contributed by atoms with Gasteiger partial charge < -0.3 is 19.7 Å². The second-order valence-electron chi connectivity index (χ2n) is 6.80. The summed E-state index contributed by atoms with van der Waals surface area (Å²) in [5.41, 5.74) is 2.47. The predicted octanol–water partition coefficient (Wildman–Crippen LogP) is 3.93. The molecule has 28 heavy (non-hydrogen) atoms. The van der Waals surface area contributed by atoms with E-state index < -0.39 is 0 Å². The molecule has 0 spiro atoms. The van der Waals surface area contributed by atoms with Crippen molar-refractivity contribution in [3.63, 3.8) is 0 Å². The van der Waals surface area contributed by atoms with Gasteiger partial charge in [0.25, 0.3) is 0 Å². The lowest BCUT2D eigenvalue weighted by Crippen LogP contribution is -2.24. The standard InChI is InChI=1S/C22H26N2O4/c1-16-7-3-4-8-19(16)28-14-6-9-21(25)23-17-11-12-18(20(15-17)27-2)24-13-5-10-22(24)26/h3-4,7-8,11-12,15H,5-6,9-10,13-14H2,1-2H3,(H,23,25). The molecular formula is C22H26N2O4. The smallest absolute Gasteiger partial charge is 0.227 e. The van der Waals surface area contributed by atoms with Gasteiger partial charge in [0.2, 0.25) is 11.8 Å². The van der Waals surface area contributed by atoms with Crippen LogP contribution in [0, 0.1) is 6.92 Å². The van der Waals surface area contributed by atoms with Crippen LogP contribution in [0.3, 0.4) is 0 Å². The Morgan fingerprint density at radius 1 is 1.18 bits per heavy atom. The van der Waals surface area contributed by atoms with Gasteiger partial charge in [0.1, 0.15) is 11.5 Å². The number of para-hydroxylation sites is 1. The van der Waals surface area contributed by atoms with E-state index in [0.29, 0.717) is 43.9 Å². The zero-order chi connectivity index (χ0) is 19.9. The van der Waals surface area contributed by atoms with Crippen LogP contribution < -0.4 is 19.7 Å². The number of nitrogens with zero attached hydrogens (tertiary/aromatic N) is 1. The Kier molecular flexibility index (Phi) is 6.53. The maximum atomic E-state index is 12.2. The number of aryl methyl sites for hydroxylation is 1. The first kappa shape index (κ1) is 19.7. The van der Waals surface area contributed by atoms with Gasteiger partial charge in [-0.2, -0.15) is 0 Å².